The molecule has 2 rings (SSSR count). The summed E-state index contributed by atoms with van der Waals surface area (Å²) in [7, 11) is 1.76. The van der Waals surface area contributed by atoms with Crippen molar-refractivity contribution >= 4 is 11.7 Å². The number of nitrogens with zero attached hydrogens (tertiary/aromatic N) is 2. The Kier molecular flexibility index (Phi) is 2.13. The fourth-order valence-electron chi connectivity index (χ4n) is 1.66. The van der Waals surface area contributed by atoms with Crippen LogP contribution in [0.1, 0.15) is 0 Å². The maximum Gasteiger partial charge on any atom is 0.325 e. The highest BCUT2D eigenvalue weighted by Gasteiger charge is 2.33. The van der Waals surface area contributed by atoms with Crippen molar-refractivity contribution in [3.63, 3.8) is 0 Å². The smallest absolute Gasteiger partial charge is 0.324 e. The van der Waals surface area contributed by atoms with Crippen molar-refractivity contribution in [1.82, 2.24) is 4.90 Å². The first-order valence-corrected chi connectivity index (χ1v) is 4.55. The second kappa shape index (κ2) is 3.31. The number of para-hydroxylation sites is 1. The normalized spacial score (nSPS) is 21.9. The molecule has 14 heavy (non-hydrogen) atoms. The van der Waals surface area contributed by atoms with Gasteiger partial charge in [-0.1, -0.05) is 18.2 Å². The molecule has 4 nitrogen and oxygen atoms in total. The summed E-state index contributed by atoms with van der Waals surface area (Å²) in [5.74, 6) is 0. The number of hydrogen-bond donors (Lipinski definition) is 1. The third-order valence-electron chi connectivity index (χ3n) is 2.36. The lowest BCUT2D eigenvalue weighted by Crippen LogP contribution is -2.40. The molecule has 0 bridgehead atoms. The maximum atomic E-state index is 11.7. The van der Waals surface area contributed by atoms with E-state index in [2.05, 4.69) is 0 Å². The molecule has 1 aliphatic rings. The molecule has 2 amide bonds. The van der Waals surface area contributed by atoms with Gasteiger partial charge in [-0.2, -0.15) is 0 Å². The topological polar surface area (TPSA) is 49.6 Å². The first kappa shape index (κ1) is 9.02. The predicted octanol–water partition coefficient (Wildman–Crippen LogP) is 0.843. The molecule has 0 aromatic heterocycles. The Hall–Kier alpha value is -1.55. The van der Waals surface area contributed by atoms with Crippen molar-refractivity contribution < 1.29 is 4.79 Å². The molecular weight excluding hydrogens is 178 g/mol. The van der Waals surface area contributed by atoms with Crippen molar-refractivity contribution in [1.29, 1.82) is 0 Å². The molecule has 2 N–H and O–H groups in total. The summed E-state index contributed by atoms with van der Waals surface area (Å²) in [6.45, 7) is 0.577. The number of anilines is 1. The number of hydrogen-bond acceptors (Lipinski definition) is 2. The summed E-state index contributed by atoms with van der Waals surface area (Å²) in [6, 6.07) is 9.44. The fourth-order valence-corrected chi connectivity index (χ4v) is 1.66. The van der Waals surface area contributed by atoms with Crippen LogP contribution in [0.5, 0.6) is 0 Å². The highest BCUT2D eigenvalue weighted by atomic mass is 16.2. The van der Waals surface area contributed by atoms with Gasteiger partial charge in [0.25, 0.3) is 0 Å². The molecule has 0 aliphatic carbocycles. The van der Waals surface area contributed by atoms with Gasteiger partial charge in [-0.15, -0.1) is 0 Å². The molecule has 0 spiro atoms. The van der Waals surface area contributed by atoms with Crippen molar-refractivity contribution in [2.24, 2.45) is 5.73 Å². The largest absolute Gasteiger partial charge is 0.325 e. The molecule has 1 heterocycles. The molecule has 1 saturated heterocycles. The van der Waals surface area contributed by atoms with E-state index in [1.807, 2.05) is 30.3 Å². The van der Waals surface area contributed by atoms with E-state index in [0.717, 1.165) is 5.69 Å². The van der Waals surface area contributed by atoms with E-state index < -0.39 is 0 Å². The molecule has 1 aliphatic heterocycles. The zero-order chi connectivity index (χ0) is 10.1. The van der Waals surface area contributed by atoms with Gasteiger partial charge in [-0.3, -0.25) is 4.90 Å². The van der Waals surface area contributed by atoms with Crippen LogP contribution in [0.2, 0.25) is 0 Å². The Morgan fingerprint density at radius 3 is 2.50 bits per heavy atom. The first-order valence-electron chi connectivity index (χ1n) is 4.55. The maximum absolute atomic E-state index is 11.7. The molecule has 1 fully saturated rings. The van der Waals surface area contributed by atoms with Gasteiger partial charge in [-0.05, 0) is 12.1 Å². The Labute approximate surface area is 82.9 Å². The summed E-state index contributed by atoms with van der Waals surface area (Å²) in [6.07, 6.45) is -0.241. The van der Waals surface area contributed by atoms with Crippen molar-refractivity contribution in [2.75, 3.05) is 18.5 Å². The zero-order valence-electron chi connectivity index (χ0n) is 8.05. The van der Waals surface area contributed by atoms with Crippen molar-refractivity contribution in [3.05, 3.63) is 30.3 Å². The van der Waals surface area contributed by atoms with Crippen LogP contribution >= 0.6 is 0 Å². The van der Waals surface area contributed by atoms with Crippen LogP contribution in [0.15, 0.2) is 30.3 Å². The van der Waals surface area contributed by atoms with E-state index in [0.29, 0.717) is 6.54 Å². The summed E-state index contributed by atoms with van der Waals surface area (Å²) >= 11 is 0. The van der Waals surface area contributed by atoms with Crippen molar-refractivity contribution in [2.45, 2.75) is 6.17 Å². The number of carbonyl (C=O) groups excluding carboxylic acids is 1. The number of nitrogens with two attached hydrogens (primary N) is 1. The van der Waals surface area contributed by atoms with Gasteiger partial charge in [0.1, 0.15) is 6.17 Å². The van der Waals surface area contributed by atoms with E-state index >= 15 is 0 Å². The minimum absolute atomic E-state index is 0.0382. The van der Waals surface area contributed by atoms with E-state index in [1.54, 1.807) is 16.8 Å². The number of benzene rings is 1. The van der Waals surface area contributed by atoms with Crippen LogP contribution in [-0.4, -0.2) is 30.7 Å². The average molecular weight is 191 g/mol. The summed E-state index contributed by atoms with van der Waals surface area (Å²) in [4.78, 5) is 14.9. The average Bonchev–Trinajstić information content (AvgIpc) is 2.43. The molecule has 1 atom stereocenters. The highest BCUT2D eigenvalue weighted by Crippen LogP contribution is 2.20. The van der Waals surface area contributed by atoms with Crippen LogP contribution < -0.4 is 10.6 Å². The van der Waals surface area contributed by atoms with E-state index in [9.17, 15) is 4.79 Å². The van der Waals surface area contributed by atoms with E-state index in [1.165, 1.54) is 0 Å². The Morgan fingerprint density at radius 1 is 1.36 bits per heavy atom. The van der Waals surface area contributed by atoms with E-state index in [-0.39, 0.29) is 12.2 Å². The number of amides is 2. The predicted molar refractivity (Wildman–Crippen MR) is 54.9 cm³/mol. The number of carbonyl (C=O) groups is 1. The quantitative estimate of drug-likeness (QED) is 0.715. The van der Waals surface area contributed by atoms with Gasteiger partial charge in [0.2, 0.25) is 0 Å². The second-order valence-electron chi connectivity index (χ2n) is 3.44. The standard InChI is InChI=1S/C10H13N3O/c1-12-7-9(11)13(10(12)14)8-5-3-2-4-6-8/h2-6,9H,7,11H2,1H3. The zero-order valence-corrected chi connectivity index (χ0v) is 8.05. The molecule has 1 unspecified atom stereocenters. The summed E-state index contributed by atoms with van der Waals surface area (Å²) in [5, 5.41) is 0. The molecule has 0 saturated carbocycles. The molecule has 4 heteroatoms. The minimum atomic E-state index is -0.241. The van der Waals surface area contributed by atoms with Gasteiger partial charge in [-0.25, -0.2) is 4.79 Å². The lowest BCUT2D eigenvalue weighted by molar-refractivity contribution is 0.229. The van der Waals surface area contributed by atoms with Gasteiger partial charge in [0.15, 0.2) is 0 Å². The Bertz CT molecular complexity index is 338. The van der Waals surface area contributed by atoms with Gasteiger partial charge in [0.05, 0.1) is 6.54 Å². The minimum Gasteiger partial charge on any atom is -0.324 e. The molecular formula is C10H13N3O. The van der Waals surface area contributed by atoms with E-state index in [4.69, 9.17) is 5.73 Å². The molecule has 1 aromatic rings. The van der Waals surface area contributed by atoms with Crippen molar-refractivity contribution in [3.8, 4) is 0 Å². The highest BCUT2D eigenvalue weighted by molar-refractivity contribution is 5.94. The SMILES string of the molecule is CN1CC(N)N(c2ccccc2)C1=O. The third-order valence-corrected chi connectivity index (χ3v) is 2.36. The van der Waals surface area contributed by atoms with Gasteiger partial charge in [0, 0.05) is 12.7 Å². The van der Waals surface area contributed by atoms with Gasteiger partial charge >= 0.3 is 6.03 Å². The summed E-state index contributed by atoms with van der Waals surface area (Å²) in [5.41, 5.74) is 6.71. The number of urea groups is 1. The van der Waals surface area contributed by atoms with Crippen LogP contribution in [0.3, 0.4) is 0 Å². The van der Waals surface area contributed by atoms with Crippen LogP contribution in [-0.2, 0) is 0 Å². The van der Waals surface area contributed by atoms with Crippen LogP contribution in [0, 0.1) is 0 Å². The fraction of sp³-hybridized carbons (Fsp3) is 0.300. The number of likely N-dealkylation sites (N-methyl/N-ethyl adjacent to an activating group) is 1. The van der Waals surface area contributed by atoms with Crippen LogP contribution in [0.4, 0.5) is 10.5 Å². The number of rotatable bonds is 1. The third kappa shape index (κ3) is 1.33. The second-order valence-corrected chi connectivity index (χ2v) is 3.44. The lowest BCUT2D eigenvalue weighted by atomic mass is 10.3. The van der Waals surface area contributed by atoms with Crippen LogP contribution in [0.25, 0.3) is 0 Å². The Morgan fingerprint density at radius 2 is 2.00 bits per heavy atom. The monoisotopic (exact) mass is 191 g/mol. The van der Waals surface area contributed by atoms with Gasteiger partial charge < -0.3 is 10.6 Å². The molecule has 74 valence electrons. The molecule has 1 aromatic carbocycles. The summed E-state index contributed by atoms with van der Waals surface area (Å²) < 4.78 is 0. The lowest BCUT2D eigenvalue weighted by Gasteiger charge is -2.19. The molecule has 0 radical (unpaired) electrons. The first-order chi connectivity index (χ1) is 6.70. The Balaban J connectivity index is 2.31.